The van der Waals surface area contributed by atoms with Gasteiger partial charge in [0.25, 0.3) is 5.91 Å². The van der Waals surface area contributed by atoms with E-state index in [1.165, 1.54) is 20.3 Å². The van der Waals surface area contributed by atoms with Crippen molar-refractivity contribution in [3.05, 3.63) is 59.4 Å². The van der Waals surface area contributed by atoms with Crippen LogP contribution in [0, 0.1) is 0 Å². The molecular weight excluding hydrogens is 368 g/mol. The first-order chi connectivity index (χ1) is 12.8. The Balaban J connectivity index is 1.94. The van der Waals surface area contributed by atoms with Crippen LogP contribution >= 0.6 is 0 Å². The second kappa shape index (κ2) is 7.18. The van der Waals surface area contributed by atoms with Crippen molar-refractivity contribution in [2.45, 2.75) is 6.10 Å². The van der Waals surface area contributed by atoms with Crippen molar-refractivity contribution in [1.82, 2.24) is 19.2 Å². The third kappa shape index (κ3) is 3.48. The Labute approximate surface area is 158 Å². The maximum atomic E-state index is 12.4. The number of hydrogen-bond acceptors (Lipinski definition) is 5. The number of benzene rings is 2. The number of rotatable bonds is 5. The van der Waals surface area contributed by atoms with Gasteiger partial charge in [0, 0.05) is 32.9 Å². The number of fused-ring (bicyclic) bond motifs is 1. The summed E-state index contributed by atoms with van der Waals surface area (Å²) in [6.07, 6.45) is 0.391. The molecule has 1 aliphatic rings. The molecule has 1 atom stereocenters. The molecule has 2 aromatic carbocycles. The molecule has 27 heavy (non-hydrogen) atoms. The van der Waals surface area contributed by atoms with Crippen molar-refractivity contribution in [3.8, 4) is 0 Å². The van der Waals surface area contributed by atoms with Gasteiger partial charge >= 0.3 is 10.2 Å². The van der Waals surface area contributed by atoms with Gasteiger partial charge in [-0.3, -0.25) is 4.79 Å². The second-order valence-electron chi connectivity index (χ2n) is 6.37. The van der Waals surface area contributed by atoms with Gasteiger partial charge in [0.2, 0.25) is 0 Å². The minimum atomic E-state index is -3.71. The van der Waals surface area contributed by atoms with Crippen molar-refractivity contribution >= 4 is 26.9 Å². The van der Waals surface area contributed by atoms with Crippen LogP contribution in [0.3, 0.4) is 0 Å². The summed E-state index contributed by atoms with van der Waals surface area (Å²) >= 11 is 0. The molecule has 3 rings (SSSR count). The van der Waals surface area contributed by atoms with Crippen LogP contribution in [0.15, 0.2) is 48.3 Å². The van der Waals surface area contributed by atoms with Gasteiger partial charge in [-0.15, -0.1) is 0 Å². The summed E-state index contributed by atoms with van der Waals surface area (Å²) in [6, 6.07) is 10.6. The van der Waals surface area contributed by atoms with Gasteiger partial charge in [-0.05, 0) is 34.5 Å². The normalized spacial score (nSPS) is 15.6. The smallest absolute Gasteiger partial charge is 0.305 e. The standard InChI is InChI=1S/C18H22N4O4S/c1-19-18(24)15-7-5-12-8-14(6-4-13(12)9-15)17(23)16-10-20-11-22(16)27(25,26)21(2)3/h4-10,17,20,23H,11H2,1-3H3,(H,19,24). The van der Waals surface area contributed by atoms with E-state index >= 15 is 0 Å². The zero-order chi connectivity index (χ0) is 19.8. The van der Waals surface area contributed by atoms with E-state index in [1.54, 1.807) is 43.4 Å². The Morgan fingerprint density at radius 3 is 2.56 bits per heavy atom. The quantitative estimate of drug-likeness (QED) is 0.699. The Hall–Kier alpha value is -2.62. The van der Waals surface area contributed by atoms with Crippen molar-refractivity contribution in [2.24, 2.45) is 0 Å². The Morgan fingerprint density at radius 2 is 1.89 bits per heavy atom. The predicted molar refractivity (Wildman–Crippen MR) is 103 cm³/mol. The van der Waals surface area contributed by atoms with Gasteiger partial charge < -0.3 is 15.7 Å². The van der Waals surface area contributed by atoms with Gasteiger partial charge in [-0.2, -0.15) is 12.7 Å². The van der Waals surface area contributed by atoms with Crippen LogP contribution in [-0.2, 0) is 10.2 Å². The lowest BCUT2D eigenvalue weighted by Crippen LogP contribution is -2.40. The van der Waals surface area contributed by atoms with E-state index in [1.807, 2.05) is 0 Å². The number of nitrogens with one attached hydrogen (secondary N) is 2. The van der Waals surface area contributed by atoms with Crippen LogP contribution in [0.4, 0.5) is 0 Å². The number of aliphatic hydroxyl groups is 1. The van der Waals surface area contributed by atoms with E-state index in [9.17, 15) is 18.3 Å². The molecule has 9 heteroatoms. The molecule has 1 aliphatic heterocycles. The summed E-state index contributed by atoms with van der Waals surface area (Å²) in [5.41, 5.74) is 1.36. The largest absolute Gasteiger partial charge is 0.382 e. The van der Waals surface area contributed by atoms with Gasteiger partial charge in [-0.1, -0.05) is 18.2 Å². The Kier molecular flexibility index (Phi) is 5.09. The van der Waals surface area contributed by atoms with Crippen LogP contribution in [0.1, 0.15) is 22.0 Å². The van der Waals surface area contributed by atoms with Crippen LogP contribution in [0.5, 0.6) is 0 Å². The summed E-state index contributed by atoms with van der Waals surface area (Å²) in [5, 5.41) is 17.9. The van der Waals surface area contributed by atoms with Crippen LogP contribution in [-0.4, -0.2) is 55.9 Å². The zero-order valence-corrected chi connectivity index (χ0v) is 16.1. The highest BCUT2D eigenvalue weighted by atomic mass is 32.2. The monoisotopic (exact) mass is 390 g/mol. The maximum absolute atomic E-state index is 12.4. The molecule has 0 aliphatic carbocycles. The number of carbonyl (C=O) groups is 1. The molecule has 0 spiro atoms. The van der Waals surface area contributed by atoms with Gasteiger partial charge in [-0.25, -0.2) is 4.31 Å². The summed E-state index contributed by atoms with van der Waals surface area (Å²) in [5.74, 6) is -0.173. The molecule has 1 amide bonds. The summed E-state index contributed by atoms with van der Waals surface area (Å²) in [6.45, 7) is 0.0655. The first-order valence-corrected chi connectivity index (χ1v) is 9.73. The minimum absolute atomic E-state index is 0.0655. The minimum Gasteiger partial charge on any atom is -0.382 e. The molecule has 0 saturated heterocycles. The highest BCUT2D eigenvalue weighted by Gasteiger charge is 2.33. The SMILES string of the molecule is CNC(=O)c1ccc2cc(C(O)C3=CNCN3S(=O)(=O)N(C)C)ccc2c1. The highest BCUT2D eigenvalue weighted by Crippen LogP contribution is 2.31. The summed E-state index contributed by atoms with van der Waals surface area (Å²) in [7, 11) is 0.749. The predicted octanol–water partition coefficient (Wildman–Crippen LogP) is 0.743. The fraction of sp³-hybridized carbons (Fsp3) is 0.278. The van der Waals surface area contributed by atoms with E-state index in [2.05, 4.69) is 10.6 Å². The highest BCUT2D eigenvalue weighted by molar-refractivity contribution is 7.86. The Morgan fingerprint density at radius 1 is 1.22 bits per heavy atom. The van der Waals surface area contributed by atoms with Crippen LogP contribution in [0.25, 0.3) is 10.8 Å². The van der Waals surface area contributed by atoms with Crippen molar-refractivity contribution in [3.63, 3.8) is 0 Å². The van der Waals surface area contributed by atoms with E-state index in [0.717, 1.165) is 19.4 Å². The fourth-order valence-electron chi connectivity index (χ4n) is 2.91. The lowest BCUT2D eigenvalue weighted by atomic mass is 10.0. The first kappa shape index (κ1) is 19.2. The molecular formula is C18H22N4O4S. The molecule has 8 nitrogen and oxygen atoms in total. The van der Waals surface area contributed by atoms with Gasteiger partial charge in [0.1, 0.15) is 12.8 Å². The van der Waals surface area contributed by atoms with Crippen molar-refractivity contribution < 1.29 is 18.3 Å². The second-order valence-corrected chi connectivity index (χ2v) is 8.44. The summed E-state index contributed by atoms with van der Waals surface area (Å²) in [4.78, 5) is 11.8. The van der Waals surface area contributed by atoms with Gasteiger partial charge in [0.05, 0.1) is 5.70 Å². The lowest BCUT2D eigenvalue weighted by Gasteiger charge is -2.27. The Bertz CT molecular complexity index is 1020. The van der Waals surface area contributed by atoms with Crippen LogP contribution in [0.2, 0.25) is 0 Å². The van der Waals surface area contributed by atoms with E-state index in [0.29, 0.717) is 11.1 Å². The molecule has 144 valence electrons. The van der Waals surface area contributed by atoms with Crippen molar-refractivity contribution in [2.75, 3.05) is 27.8 Å². The average Bonchev–Trinajstić information content (AvgIpc) is 3.16. The van der Waals surface area contributed by atoms with E-state index in [4.69, 9.17) is 0 Å². The molecule has 0 radical (unpaired) electrons. The third-order valence-electron chi connectivity index (χ3n) is 4.46. The molecule has 0 saturated carbocycles. The molecule has 3 N–H and O–H groups in total. The number of aliphatic hydroxyl groups excluding tert-OH is 1. The zero-order valence-electron chi connectivity index (χ0n) is 15.3. The van der Waals surface area contributed by atoms with Gasteiger partial charge in [0.15, 0.2) is 0 Å². The van der Waals surface area contributed by atoms with E-state index in [-0.39, 0.29) is 18.3 Å². The topological polar surface area (TPSA) is 102 Å². The molecule has 0 fully saturated rings. The molecule has 0 aromatic heterocycles. The molecule has 2 aromatic rings. The lowest BCUT2D eigenvalue weighted by molar-refractivity contribution is 0.0963. The van der Waals surface area contributed by atoms with Crippen molar-refractivity contribution in [1.29, 1.82) is 0 Å². The first-order valence-electron chi connectivity index (χ1n) is 8.33. The molecule has 1 unspecified atom stereocenters. The average molecular weight is 390 g/mol. The molecule has 1 heterocycles. The van der Waals surface area contributed by atoms with Crippen LogP contribution < -0.4 is 10.6 Å². The number of hydrogen-bond donors (Lipinski definition) is 3. The number of carbonyl (C=O) groups excluding carboxylic acids is 1. The molecule has 0 bridgehead atoms. The number of nitrogens with zero attached hydrogens (tertiary/aromatic N) is 2. The fourth-order valence-corrected chi connectivity index (χ4v) is 3.97. The maximum Gasteiger partial charge on any atom is 0.305 e. The third-order valence-corrected chi connectivity index (χ3v) is 6.28. The van der Waals surface area contributed by atoms with E-state index < -0.39 is 16.3 Å². The number of amides is 1. The summed E-state index contributed by atoms with van der Waals surface area (Å²) < 4.78 is 27.1.